The van der Waals surface area contributed by atoms with Crippen LogP contribution in [0.2, 0.25) is 0 Å². The van der Waals surface area contributed by atoms with Gasteiger partial charge < -0.3 is 10.2 Å². The molecule has 1 N–H and O–H groups in total. The predicted octanol–water partition coefficient (Wildman–Crippen LogP) is 1.30. The zero-order valence-electron chi connectivity index (χ0n) is 10.8. The third-order valence-corrected chi connectivity index (χ3v) is 3.62. The first-order valence-corrected chi connectivity index (χ1v) is 6.59. The summed E-state index contributed by atoms with van der Waals surface area (Å²) in [4.78, 5) is 25.6. The molecule has 2 rings (SSSR count). The highest BCUT2D eigenvalue weighted by Gasteiger charge is 2.36. The maximum absolute atomic E-state index is 12.2. The van der Waals surface area contributed by atoms with Crippen molar-refractivity contribution < 1.29 is 9.59 Å². The molecule has 4 nitrogen and oxygen atoms in total. The molecule has 96 valence electrons. The van der Waals surface area contributed by atoms with Crippen molar-refractivity contribution in [1.29, 1.82) is 0 Å². The standard InChI is InChI=1S/C13H22N2O2/c1-13(2)12(17)15(9-7-11(16)14-13)8-3-4-10-5-6-10/h10H,3-9H2,1-2H3,(H,14,16). The molecule has 2 aliphatic rings. The van der Waals surface area contributed by atoms with Crippen LogP contribution in [0.5, 0.6) is 0 Å². The Labute approximate surface area is 103 Å². The fourth-order valence-corrected chi connectivity index (χ4v) is 2.39. The highest BCUT2D eigenvalue weighted by molar-refractivity contribution is 5.92. The van der Waals surface area contributed by atoms with E-state index < -0.39 is 5.54 Å². The van der Waals surface area contributed by atoms with Crippen LogP contribution in [-0.4, -0.2) is 35.3 Å². The second-order valence-corrected chi connectivity index (χ2v) is 5.80. The molecule has 0 aromatic rings. The lowest BCUT2D eigenvalue weighted by atomic mass is 10.0. The summed E-state index contributed by atoms with van der Waals surface area (Å²) in [6.45, 7) is 4.94. The summed E-state index contributed by atoms with van der Waals surface area (Å²) in [6.07, 6.45) is 5.45. The van der Waals surface area contributed by atoms with Gasteiger partial charge in [-0.15, -0.1) is 0 Å². The van der Waals surface area contributed by atoms with Crippen LogP contribution in [0.1, 0.15) is 46.0 Å². The van der Waals surface area contributed by atoms with Crippen molar-refractivity contribution in [2.24, 2.45) is 5.92 Å². The van der Waals surface area contributed by atoms with Gasteiger partial charge in [0, 0.05) is 19.5 Å². The lowest BCUT2D eigenvalue weighted by molar-refractivity contribution is -0.137. The highest BCUT2D eigenvalue weighted by atomic mass is 16.2. The van der Waals surface area contributed by atoms with Crippen LogP contribution in [0.25, 0.3) is 0 Å². The SMILES string of the molecule is CC1(C)NC(=O)CCN(CCCC2CC2)C1=O. The molecule has 1 saturated heterocycles. The molecule has 4 heteroatoms. The van der Waals surface area contributed by atoms with Gasteiger partial charge in [-0.25, -0.2) is 0 Å². The first kappa shape index (κ1) is 12.4. The Hall–Kier alpha value is -1.06. The smallest absolute Gasteiger partial charge is 0.247 e. The summed E-state index contributed by atoms with van der Waals surface area (Å²) in [5, 5.41) is 2.78. The summed E-state index contributed by atoms with van der Waals surface area (Å²) < 4.78 is 0. The van der Waals surface area contributed by atoms with E-state index in [4.69, 9.17) is 0 Å². The second kappa shape index (κ2) is 4.67. The number of rotatable bonds is 4. The van der Waals surface area contributed by atoms with Crippen LogP contribution in [0.3, 0.4) is 0 Å². The Kier molecular flexibility index (Phi) is 3.40. The highest BCUT2D eigenvalue weighted by Crippen LogP contribution is 2.33. The Morgan fingerprint density at radius 3 is 2.71 bits per heavy atom. The topological polar surface area (TPSA) is 49.4 Å². The fraction of sp³-hybridized carbons (Fsp3) is 0.846. The largest absolute Gasteiger partial charge is 0.342 e. The van der Waals surface area contributed by atoms with Gasteiger partial charge in [0.15, 0.2) is 0 Å². The Bertz CT molecular complexity index is 321. The average Bonchev–Trinajstić information content (AvgIpc) is 3.04. The Balaban J connectivity index is 1.89. The molecular weight excluding hydrogens is 216 g/mol. The number of carbonyl (C=O) groups is 2. The minimum absolute atomic E-state index is 0.0203. The number of hydrogen-bond donors (Lipinski definition) is 1. The quantitative estimate of drug-likeness (QED) is 0.802. The fourth-order valence-electron chi connectivity index (χ4n) is 2.39. The zero-order valence-corrected chi connectivity index (χ0v) is 10.8. The molecule has 1 aliphatic heterocycles. The van der Waals surface area contributed by atoms with Crippen LogP contribution in [0, 0.1) is 5.92 Å². The van der Waals surface area contributed by atoms with Crippen LogP contribution >= 0.6 is 0 Å². The van der Waals surface area contributed by atoms with Gasteiger partial charge >= 0.3 is 0 Å². The van der Waals surface area contributed by atoms with E-state index in [1.807, 2.05) is 4.90 Å². The molecule has 2 fully saturated rings. The van der Waals surface area contributed by atoms with Crippen molar-refractivity contribution in [3.63, 3.8) is 0 Å². The van der Waals surface area contributed by atoms with Gasteiger partial charge in [0.1, 0.15) is 5.54 Å². The van der Waals surface area contributed by atoms with Crippen molar-refractivity contribution in [1.82, 2.24) is 10.2 Å². The van der Waals surface area contributed by atoms with E-state index in [0.29, 0.717) is 13.0 Å². The molecule has 1 heterocycles. The first-order valence-electron chi connectivity index (χ1n) is 6.59. The summed E-state index contributed by atoms with van der Waals surface area (Å²) in [7, 11) is 0. The van der Waals surface area contributed by atoms with Crippen LogP contribution in [0.4, 0.5) is 0 Å². The summed E-state index contributed by atoms with van der Waals surface area (Å²) in [5.41, 5.74) is -0.743. The van der Waals surface area contributed by atoms with E-state index >= 15 is 0 Å². The minimum atomic E-state index is -0.743. The average molecular weight is 238 g/mol. The van der Waals surface area contributed by atoms with E-state index in [1.165, 1.54) is 19.3 Å². The minimum Gasteiger partial charge on any atom is -0.342 e. The predicted molar refractivity (Wildman–Crippen MR) is 65.4 cm³/mol. The van der Waals surface area contributed by atoms with E-state index in [1.54, 1.807) is 13.8 Å². The van der Waals surface area contributed by atoms with E-state index in [0.717, 1.165) is 18.9 Å². The van der Waals surface area contributed by atoms with Gasteiger partial charge in [-0.3, -0.25) is 9.59 Å². The van der Waals surface area contributed by atoms with Gasteiger partial charge in [-0.2, -0.15) is 0 Å². The van der Waals surface area contributed by atoms with Crippen LogP contribution < -0.4 is 5.32 Å². The molecule has 0 aromatic heterocycles. The summed E-state index contributed by atoms with van der Waals surface area (Å²) in [6, 6.07) is 0. The van der Waals surface area contributed by atoms with Gasteiger partial charge in [-0.1, -0.05) is 12.8 Å². The van der Waals surface area contributed by atoms with Gasteiger partial charge in [0.05, 0.1) is 0 Å². The third kappa shape index (κ3) is 3.20. The van der Waals surface area contributed by atoms with Crippen molar-refractivity contribution in [2.45, 2.75) is 51.5 Å². The molecule has 1 aliphatic carbocycles. The summed E-state index contributed by atoms with van der Waals surface area (Å²) in [5.74, 6) is 0.942. The third-order valence-electron chi connectivity index (χ3n) is 3.62. The summed E-state index contributed by atoms with van der Waals surface area (Å²) >= 11 is 0. The Morgan fingerprint density at radius 2 is 2.06 bits per heavy atom. The first-order chi connectivity index (χ1) is 7.99. The number of amides is 2. The van der Waals surface area contributed by atoms with Crippen LogP contribution in [0.15, 0.2) is 0 Å². The molecule has 0 radical (unpaired) electrons. The number of nitrogens with one attached hydrogen (secondary N) is 1. The number of nitrogens with zero attached hydrogens (tertiary/aromatic N) is 1. The molecule has 17 heavy (non-hydrogen) atoms. The van der Waals surface area contributed by atoms with E-state index in [2.05, 4.69) is 5.32 Å². The van der Waals surface area contributed by atoms with Crippen molar-refractivity contribution >= 4 is 11.8 Å². The van der Waals surface area contributed by atoms with Crippen molar-refractivity contribution in [2.75, 3.05) is 13.1 Å². The molecule has 0 aromatic carbocycles. The number of hydrogen-bond acceptors (Lipinski definition) is 2. The lowest BCUT2D eigenvalue weighted by Crippen LogP contribution is -2.52. The normalized spacial score (nSPS) is 24.5. The lowest BCUT2D eigenvalue weighted by Gasteiger charge is -2.28. The van der Waals surface area contributed by atoms with Crippen LogP contribution in [-0.2, 0) is 9.59 Å². The van der Waals surface area contributed by atoms with Gasteiger partial charge in [-0.05, 0) is 32.6 Å². The second-order valence-electron chi connectivity index (χ2n) is 5.80. The van der Waals surface area contributed by atoms with Gasteiger partial charge in [0.25, 0.3) is 0 Å². The number of carbonyl (C=O) groups excluding carboxylic acids is 2. The molecule has 2 amide bonds. The maximum atomic E-state index is 12.2. The molecule has 0 bridgehead atoms. The monoisotopic (exact) mass is 238 g/mol. The molecular formula is C13H22N2O2. The van der Waals surface area contributed by atoms with Crippen molar-refractivity contribution in [3.8, 4) is 0 Å². The van der Waals surface area contributed by atoms with E-state index in [9.17, 15) is 9.59 Å². The maximum Gasteiger partial charge on any atom is 0.247 e. The molecule has 0 unspecified atom stereocenters. The van der Waals surface area contributed by atoms with Crippen molar-refractivity contribution in [3.05, 3.63) is 0 Å². The molecule has 1 saturated carbocycles. The molecule has 0 atom stereocenters. The zero-order chi connectivity index (χ0) is 12.5. The van der Waals surface area contributed by atoms with E-state index in [-0.39, 0.29) is 11.8 Å². The molecule has 0 spiro atoms. The van der Waals surface area contributed by atoms with Gasteiger partial charge in [0.2, 0.25) is 11.8 Å². The Morgan fingerprint density at radius 1 is 1.35 bits per heavy atom.